The van der Waals surface area contributed by atoms with Gasteiger partial charge in [0.05, 0.1) is 4.90 Å². The van der Waals surface area contributed by atoms with Crippen LogP contribution in [0.2, 0.25) is 0 Å². The summed E-state index contributed by atoms with van der Waals surface area (Å²) in [7, 11) is -4.26. The molecule has 5 nitrogen and oxygen atoms in total. The zero-order valence-electron chi connectivity index (χ0n) is 9.37. The smallest absolute Gasteiger partial charge is 0.294 e. The Morgan fingerprint density at radius 3 is 2.11 bits per heavy atom. The standard InChI is InChI=1S/C12H12N2O3S/c13-11-4-2-1-3-9(11)10-7-8(18(15,16)17)5-6-12(10)14/h1-7H,13-14H2,(H,15,16,17). The molecule has 0 atom stereocenters. The van der Waals surface area contributed by atoms with Gasteiger partial charge in [0.15, 0.2) is 0 Å². The predicted octanol–water partition coefficient (Wildman–Crippen LogP) is 1.76. The molecule has 0 bridgehead atoms. The maximum Gasteiger partial charge on any atom is 0.294 e. The minimum absolute atomic E-state index is 0.213. The molecule has 2 aromatic carbocycles. The summed E-state index contributed by atoms with van der Waals surface area (Å²) in [6, 6.07) is 10.9. The number of nitrogen functional groups attached to an aromatic ring is 2. The van der Waals surface area contributed by atoms with Crippen LogP contribution in [0.4, 0.5) is 11.4 Å². The molecule has 0 fully saturated rings. The molecule has 2 aromatic rings. The van der Waals surface area contributed by atoms with E-state index in [4.69, 9.17) is 16.0 Å². The van der Waals surface area contributed by atoms with E-state index in [0.29, 0.717) is 22.5 Å². The Bertz CT molecular complexity index is 696. The molecule has 18 heavy (non-hydrogen) atoms. The second kappa shape index (κ2) is 4.32. The van der Waals surface area contributed by atoms with Crippen LogP contribution >= 0.6 is 0 Å². The minimum Gasteiger partial charge on any atom is -0.398 e. The molecule has 0 aliphatic carbocycles. The van der Waals surface area contributed by atoms with Gasteiger partial charge in [0.25, 0.3) is 10.1 Å². The topological polar surface area (TPSA) is 106 Å². The van der Waals surface area contributed by atoms with E-state index < -0.39 is 10.1 Å². The predicted molar refractivity (Wildman–Crippen MR) is 70.5 cm³/mol. The van der Waals surface area contributed by atoms with Crippen molar-refractivity contribution in [2.75, 3.05) is 11.5 Å². The highest BCUT2D eigenvalue weighted by atomic mass is 32.2. The van der Waals surface area contributed by atoms with E-state index in [1.165, 1.54) is 18.2 Å². The summed E-state index contributed by atoms with van der Waals surface area (Å²) in [6.45, 7) is 0. The first kappa shape index (κ1) is 12.4. The molecule has 2 rings (SSSR count). The summed E-state index contributed by atoms with van der Waals surface area (Å²) in [5.41, 5.74) is 13.6. The van der Waals surface area contributed by atoms with Crippen molar-refractivity contribution in [1.82, 2.24) is 0 Å². The summed E-state index contributed by atoms with van der Waals surface area (Å²) in [5.74, 6) is 0. The summed E-state index contributed by atoms with van der Waals surface area (Å²) in [5, 5.41) is 0. The average Bonchev–Trinajstić information content (AvgIpc) is 2.29. The van der Waals surface area contributed by atoms with Crippen LogP contribution in [0.1, 0.15) is 0 Å². The molecule has 0 heterocycles. The highest BCUT2D eigenvalue weighted by Gasteiger charge is 2.13. The van der Waals surface area contributed by atoms with E-state index >= 15 is 0 Å². The van der Waals surface area contributed by atoms with Gasteiger partial charge in [0.2, 0.25) is 0 Å². The minimum atomic E-state index is -4.26. The third-order valence-corrected chi connectivity index (χ3v) is 3.42. The first-order valence-electron chi connectivity index (χ1n) is 5.11. The quantitative estimate of drug-likeness (QED) is 0.566. The Kier molecular flexibility index (Phi) is 2.98. The van der Waals surface area contributed by atoms with Crippen molar-refractivity contribution in [2.24, 2.45) is 0 Å². The number of anilines is 2. The summed E-state index contributed by atoms with van der Waals surface area (Å²) in [4.78, 5) is -0.213. The molecular weight excluding hydrogens is 252 g/mol. The van der Waals surface area contributed by atoms with Crippen molar-refractivity contribution in [2.45, 2.75) is 4.90 Å². The molecule has 0 radical (unpaired) electrons. The van der Waals surface area contributed by atoms with Gasteiger partial charge in [-0.25, -0.2) is 0 Å². The average molecular weight is 264 g/mol. The van der Waals surface area contributed by atoms with Crippen LogP contribution in [0.3, 0.4) is 0 Å². The van der Waals surface area contributed by atoms with Crippen molar-refractivity contribution < 1.29 is 13.0 Å². The van der Waals surface area contributed by atoms with Crippen molar-refractivity contribution in [3.05, 3.63) is 42.5 Å². The lowest BCUT2D eigenvalue weighted by Gasteiger charge is -2.10. The summed E-state index contributed by atoms with van der Waals surface area (Å²) in [6.07, 6.45) is 0. The van der Waals surface area contributed by atoms with Crippen molar-refractivity contribution in [3.63, 3.8) is 0 Å². The van der Waals surface area contributed by atoms with E-state index in [2.05, 4.69) is 0 Å². The third kappa shape index (κ3) is 2.29. The molecule has 0 saturated carbocycles. The highest BCUT2D eigenvalue weighted by molar-refractivity contribution is 7.85. The Morgan fingerprint density at radius 2 is 1.50 bits per heavy atom. The van der Waals surface area contributed by atoms with Crippen LogP contribution in [0, 0.1) is 0 Å². The van der Waals surface area contributed by atoms with Crippen molar-refractivity contribution in [3.8, 4) is 11.1 Å². The number of nitrogens with two attached hydrogens (primary N) is 2. The normalized spacial score (nSPS) is 11.4. The zero-order chi connectivity index (χ0) is 13.3. The lowest BCUT2D eigenvalue weighted by molar-refractivity contribution is 0.483. The third-order valence-electron chi connectivity index (χ3n) is 2.57. The molecule has 94 valence electrons. The van der Waals surface area contributed by atoms with Crippen molar-refractivity contribution >= 4 is 21.5 Å². The fraction of sp³-hybridized carbons (Fsp3) is 0. The molecule has 0 aromatic heterocycles. The molecular formula is C12H12N2O3S. The molecule has 0 aliphatic heterocycles. The van der Waals surface area contributed by atoms with Gasteiger partial charge >= 0.3 is 0 Å². The molecule has 0 unspecified atom stereocenters. The van der Waals surface area contributed by atoms with Crippen LogP contribution in [0.5, 0.6) is 0 Å². The SMILES string of the molecule is Nc1ccccc1-c1cc(S(=O)(=O)O)ccc1N. The first-order chi connectivity index (χ1) is 8.39. The van der Waals surface area contributed by atoms with Crippen LogP contribution in [-0.4, -0.2) is 13.0 Å². The zero-order valence-corrected chi connectivity index (χ0v) is 10.2. The van der Waals surface area contributed by atoms with Crippen molar-refractivity contribution in [1.29, 1.82) is 0 Å². The second-order valence-electron chi connectivity index (χ2n) is 3.81. The summed E-state index contributed by atoms with van der Waals surface area (Å²) < 4.78 is 31.2. The van der Waals surface area contributed by atoms with Crippen LogP contribution in [0.25, 0.3) is 11.1 Å². The molecule has 6 heteroatoms. The second-order valence-corrected chi connectivity index (χ2v) is 5.23. The van der Waals surface area contributed by atoms with E-state index in [1.54, 1.807) is 24.3 Å². The Morgan fingerprint density at radius 1 is 0.889 bits per heavy atom. The Balaban J connectivity index is 2.69. The van der Waals surface area contributed by atoms with Gasteiger partial charge in [-0.15, -0.1) is 0 Å². The fourth-order valence-corrected chi connectivity index (χ4v) is 2.18. The largest absolute Gasteiger partial charge is 0.398 e. The number of rotatable bonds is 2. The van der Waals surface area contributed by atoms with Gasteiger partial charge in [0.1, 0.15) is 0 Å². The lowest BCUT2D eigenvalue weighted by atomic mass is 10.0. The molecule has 0 spiro atoms. The van der Waals surface area contributed by atoms with Gasteiger partial charge in [-0.3, -0.25) is 4.55 Å². The van der Waals surface area contributed by atoms with Gasteiger partial charge in [0, 0.05) is 22.5 Å². The highest BCUT2D eigenvalue weighted by Crippen LogP contribution is 2.32. The number of benzene rings is 2. The first-order valence-corrected chi connectivity index (χ1v) is 6.55. The summed E-state index contributed by atoms with van der Waals surface area (Å²) >= 11 is 0. The molecule has 0 amide bonds. The fourth-order valence-electron chi connectivity index (χ4n) is 1.67. The van der Waals surface area contributed by atoms with Crippen LogP contribution in [0.15, 0.2) is 47.4 Å². The maximum atomic E-state index is 11.1. The van der Waals surface area contributed by atoms with E-state index in [1.807, 2.05) is 0 Å². The maximum absolute atomic E-state index is 11.1. The van der Waals surface area contributed by atoms with E-state index in [0.717, 1.165) is 0 Å². The molecule has 5 N–H and O–H groups in total. The van der Waals surface area contributed by atoms with Crippen LogP contribution in [-0.2, 0) is 10.1 Å². The number of hydrogen-bond donors (Lipinski definition) is 3. The van der Waals surface area contributed by atoms with Gasteiger partial charge < -0.3 is 11.5 Å². The van der Waals surface area contributed by atoms with Gasteiger partial charge in [-0.1, -0.05) is 18.2 Å². The molecule has 0 saturated heterocycles. The van der Waals surface area contributed by atoms with Gasteiger partial charge in [-0.05, 0) is 24.3 Å². The van der Waals surface area contributed by atoms with Gasteiger partial charge in [-0.2, -0.15) is 8.42 Å². The van der Waals surface area contributed by atoms with E-state index in [9.17, 15) is 8.42 Å². The van der Waals surface area contributed by atoms with E-state index in [-0.39, 0.29) is 4.90 Å². The number of para-hydroxylation sites is 1. The Hall–Kier alpha value is -2.05. The number of hydrogen-bond acceptors (Lipinski definition) is 4. The monoisotopic (exact) mass is 264 g/mol. The van der Waals surface area contributed by atoms with Crippen LogP contribution < -0.4 is 11.5 Å². The Labute approximate surface area is 105 Å². The lowest BCUT2D eigenvalue weighted by Crippen LogP contribution is -2.01. The molecule has 0 aliphatic rings.